The van der Waals surface area contributed by atoms with Crippen molar-refractivity contribution in [2.45, 2.75) is 9.96 Å². The Labute approximate surface area is 175 Å². The van der Waals surface area contributed by atoms with E-state index in [0.717, 1.165) is 0 Å². The van der Waals surface area contributed by atoms with Crippen LogP contribution in [0.4, 0.5) is 5.69 Å². The van der Waals surface area contributed by atoms with Crippen LogP contribution in [-0.2, 0) is 0 Å². The van der Waals surface area contributed by atoms with Gasteiger partial charge in [0.05, 0.1) is 11.3 Å². The van der Waals surface area contributed by atoms with Gasteiger partial charge in [-0.05, 0) is 36.5 Å². The van der Waals surface area contributed by atoms with Crippen LogP contribution in [0.15, 0.2) is 54.6 Å². The number of nitrogens with one attached hydrogen (secondary N) is 3. The third-order valence-electron chi connectivity index (χ3n) is 3.32. The Morgan fingerprint density at radius 3 is 2.15 bits per heavy atom. The minimum atomic E-state index is -1.93. The highest BCUT2D eigenvalue weighted by Gasteiger charge is 2.35. The first-order valence-electron chi connectivity index (χ1n) is 7.51. The summed E-state index contributed by atoms with van der Waals surface area (Å²) in [5.41, 5.74) is 0.633. The fourth-order valence-electron chi connectivity index (χ4n) is 2.07. The van der Waals surface area contributed by atoms with E-state index in [4.69, 9.17) is 47.0 Å². The van der Waals surface area contributed by atoms with Crippen LogP contribution in [-0.4, -0.2) is 32.1 Å². The van der Waals surface area contributed by atoms with E-state index < -0.39 is 21.8 Å². The van der Waals surface area contributed by atoms with E-state index in [1.165, 1.54) is 12.1 Å². The molecule has 10 heteroatoms. The van der Waals surface area contributed by atoms with E-state index in [1.54, 1.807) is 42.5 Å². The number of para-hydroxylation sites is 1. The van der Waals surface area contributed by atoms with Crippen LogP contribution in [0.3, 0.4) is 0 Å². The highest BCUT2D eigenvalue weighted by molar-refractivity contribution is 7.80. The number of aromatic carboxylic acids is 1. The van der Waals surface area contributed by atoms with Crippen molar-refractivity contribution in [3.63, 3.8) is 0 Å². The molecule has 0 aromatic heterocycles. The zero-order chi connectivity index (χ0) is 20.0. The number of hydrogen-bond donors (Lipinski definition) is 4. The second-order valence-electron chi connectivity index (χ2n) is 5.26. The maximum Gasteiger partial charge on any atom is 0.337 e. The van der Waals surface area contributed by atoms with Crippen LogP contribution in [0.5, 0.6) is 0 Å². The highest BCUT2D eigenvalue weighted by Crippen LogP contribution is 2.29. The van der Waals surface area contributed by atoms with Gasteiger partial charge in [-0.1, -0.05) is 65.1 Å². The average molecular weight is 447 g/mol. The number of amides is 1. The van der Waals surface area contributed by atoms with Gasteiger partial charge in [-0.15, -0.1) is 0 Å². The number of halogens is 3. The van der Waals surface area contributed by atoms with Gasteiger partial charge in [0.1, 0.15) is 6.17 Å². The topological polar surface area (TPSA) is 90.5 Å². The number of anilines is 1. The smallest absolute Gasteiger partial charge is 0.337 e. The van der Waals surface area contributed by atoms with E-state index in [0.29, 0.717) is 5.56 Å². The molecule has 4 N–H and O–H groups in total. The number of benzene rings is 2. The first-order chi connectivity index (χ1) is 12.7. The molecule has 142 valence electrons. The van der Waals surface area contributed by atoms with Gasteiger partial charge in [-0.3, -0.25) is 4.79 Å². The van der Waals surface area contributed by atoms with Crippen molar-refractivity contribution >= 4 is 69.7 Å². The average Bonchev–Trinajstić information content (AvgIpc) is 2.61. The molecule has 0 heterocycles. The van der Waals surface area contributed by atoms with Crippen LogP contribution in [0.2, 0.25) is 0 Å². The van der Waals surface area contributed by atoms with Gasteiger partial charge in [0, 0.05) is 5.56 Å². The van der Waals surface area contributed by atoms with Crippen LogP contribution in [0.1, 0.15) is 20.7 Å². The van der Waals surface area contributed by atoms with Gasteiger partial charge >= 0.3 is 5.97 Å². The zero-order valence-corrected chi connectivity index (χ0v) is 16.7. The Morgan fingerprint density at radius 1 is 0.963 bits per heavy atom. The molecule has 1 amide bonds. The van der Waals surface area contributed by atoms with Crippen molar-refractivity contribution in [2.75, 3.05) is 5.32 Å². The molecular formula is C17H14Cl3N3O3S. The summed E-state index contributed by atoms with van der Waals surface area (Å²) in [6, 6.07) is 14.5. The minimum Gasteiger partial charge on any atom is -0.478 e. The zero-order valence-electron chi connectivity index (χ0n) is 13.6. The largest absolute Gasteiger partial charge is 0.478 e. The number of rotatable bonds is 5. The summed E-state index contributed by atoms with van der Waals surface area (Å²) in [6.07, 6.45) is -1.17. The fraction of sp³-hybridized carbons (Fsp3) is 0.118. The molecule has 0 radical (unpaired) electrons. The molecule has 0 saturated carbocycles. The van der Waals surface area contributed by atoms with Crippen LogP contribution in [0, 0.1) is 0 Å². The maximum atomic E-state index is 12.3. The minimum absolute atomic E-state index is 0.0143. The number of carbonyl (C=O) groups is 2. The standard InChI is InChI=1S/C17H14Cl3N3O3S/c18-17(19,20)15(22-13(24)10-6-2-1-3-7-10)23-16(27)21-12-9-5-4-8-11(12)14(25)26/h1-9,15H,(H,22,24)(H,25,26)(H2,21,23,27)/t15-/m1/s1. The lowest BCUT2D eigenvalue weighted by Gasteiger charge is -2.28. The quantitative estimate of drug-likeness (QED) is 0.317. The van der Waals surface area contributed by atoms with Crippen LogP contribution in [0.25, 0.3) is 0 Å². The van der Waals surface area contributed by atoms with Gasteiger partial charge in [-0.2, -0.15) is 0 Å². The molecule has 2 aromatic carbocycles. The van der Waals surface area contributed by atoms with Gasteiger partial charge < -0.3 is 21.1 Å². The number of hydrogen-bond acceptors (Lipinski definition) is 3. The molecule has 6 nitrogen and oxygen atoms in total. The number of carboxylic acids is 1. The second-order valence-corrected chi connectivity index (χ2v) is 8.04. The molecule has 1 atom stereocenters. The molecular weight excluding hydrogens is 433 g/mol. The van der Waals surface area contributed by atoms with E-state index in [-0.39, 0.29) is 16.4 Å². The predicted octanol–water partition coefficient (Wildman–Crippen LogP) is 3.80. The van der Waals surface area contributed by atoms with Crippen molar-refractivity contribution in [3.05, 3.63) is 65.7 Å². The fourth-order valence-corrected chi connectivity index (χ4v) is 2.63. The van der Waals surface area contributed by atoms with Crippen molar-refractivity contribution in [3.8, 4) is 0 Å². The third-order valence-corrected chi connectivity index (χ3v) is 4.19. The number of carboxylic acid groups (broad SMARTS) is 1. The lowest BCUT2D eigenvalue weighted by atomic mass is 10.2. The van der Waals surface area contributed by atoms with Crippen molar-refractivity contribution in [2.24, 2.45) is 0 Å². The first-order valence-corrected chi connectivity index (χ1v) is 9.05. The normalized spacial score (nSPS) is 12.0. The molecule has 2 aromatic rings. The van der Waals surface area contributed by atoms with E-state index in [9.17, 15) is 14.7 Å². The highest BCUT2D eigenvalue weighted by atomic mass is 35.6. The first kappa shape index (κ1) is 21.2. The molecule has 0 fully saturated rings. The molecule has 0 spiro atoms. The number of thiocarbonyl (C=S) groups is 1. The lowest BCUT2D eigenvalue weighted by Crippen LogP contribution is -2.56. The Balaban J connectivity index is 2.11. The Bertz CT molecular complexity index is 844. The van der Waals surface area contributed by atoms with Crippen molar-refractivity contribution < 1.29 is 14.7 Å². The molecule has 0 bridgehead atoms. The van der Waals surface area contributed by atoms with Gasteiger partial charge in [0.2, 0.25) is 3.79 Å². The predicted molar refractivity (Wildman–Crippen MR) is 111 cm³/mol. The molecule has 0 aliphatic rings. The van der Waals surface area contributed by atoms with Gasteiger partial charge in [0.25, 0.3) is 5.91 Å². The van der Waals surface area contributed by atoms with E-state index in [2.05, 4.69) is 16.0 Å². The second kappa shape index (κ2) is 9.23. The lowest BCUT2D eigenvalue weighted by molar-refractivity contribution is 0.0697. The SMILES string of the molecule is O=C(N[C@H](NC(=S)Nc1ccccc1C(=O)O)C(Cl)(Cl)Cl)c1ccccc1. The number of carbonyl (C=O) groups excluding carboxylic acids is 1. The molecule has 0 unspecified atom stereocenters. The molecule has 2 rings (SSSR count). The Hall–Kier alpha value is -2.06. The Kier molecular flexibility index (Phi) is 7.26. The summed E-state index contributed by atoms with van der Waals surface area (Å²) < 4.78 is -1.93. The summed E-state index contributed by atoms with van der Waals surface area (Å²) in [6.45, 7) is 0. The number of alkyl halides is 3. The maximum absolute atomic E-state index is 12.3. The summed E-state index contributed by atoms with van der Waals surface area (Å²) >= 11 is 22.9. The molecule has 27 heavy (non-hydrogen) atoms. The van der Waals surface area contributed by atoms with Crippen molar-refractivity contribution in [1.82, 2.24) is 10.6 Å². The molecule has 0 aliphatic carbocycles. The van der Waals surface area contributed by atoms with Gasteiger partial charge in [-0.25, -0.2) is 4.79 Å². The molecule has 0 aliphatic heterocycles. The van der Waals surface area contributed by atoms with Crippen LogP contribution >= 0.6 is 47.0 Å². The van der Waals surface area contributed by atoms with Crippen LogP contribution < -0.4 is 16.0 Å². The van der Waals surface area contributed by atoms with E-state index >= 15 is 0 Å². The third kappa shape index (κ3) is 6.25. The summed E-state index contributed by atoms with van der Waals surface area (Å²) in [4.78, 5) is 23.6. The molecule has 0 saturated heterocycles. The summed E-state index contributed by atoms with van der Waals surface area (Å²) in [5, 5.41) is 17.1. The summed E-state index contributed by atoms with van der Waals surface area (Å²) in [7, 11) is 0. The monoisotopic (exact) mass is 445 g/mol. The Morgan fingerprint density at radius 2 is 1.56 bits per heavy atom. The van der Waals surface area contributed by atoms with Gasteiger partial charge in [0.15, 0.2) is 5.11 Å². The van der Waals surface area contributed by atoms with Crippen molar-refractivity contribution in [1.29, 1.82) is 0 Å². The summed E-state index contributed by atoms with van der Waals surface area (Å²) in [5.74, 6) is -1.61. The van der Waals surface area contributed by atoms with E-state index in [1.807, 2.05) is 0 Å².